The predicted octanol–water partition coefficient (Wildman–Crippen LogP) is 4.48. The molecule has 90 valence electrons. The van der Waals surface area contributed by atoms with E-state index in [4.69, 9.17) is 5.73 Å². The van der Waals surface area contributed by atoms with Gasteiger partial charge in [-0.25, -0.2) is 0 Å². The summed E-state index contributed by atoms with van der Waals surface area (Å²) in [6, 6.07) is 8.39. The van der Waals surface area contributed by atoms with Crippen LogP contribution in [0.15, 0.2) is 28.7 Å². The Labute approximate surface area is 115 Å². The number of thiophene rings is 1. The summed E-state index contributed by atoms with van der Waals surface area (Å²) in [5, 5.41) is 0. The molecule has 2 N–H and O–H groups in total. The number of hydrogen-bond donors (Lipinski definition) is 1. The first-order valence-corrected chi connectivity index (χ1v) is 7.19. The topological polar surface area (TPSA) is 26.0 Å². The summed E-state index contributed by atoms with van der Waals surface area (Å²) in [4.78, 5) is 2.63. The second kappa shape index (κ2) is 4.92. The number of aryl methyl sites for hydroxylation is 3. The zero-order chi connectivity index (χ0) is 12.6. The van der Waals surface area contributed by atoms with Gasteiger partial charge in [0.2, 0.25) is 0 Å². The first kappa shape index (κ1) is 12.8. The fourth-order valence-electron chi connectivity index (χ4n) is 2.04. The van der Waals surface area contributed by atoms with Gasteiger partial charge in [-0.2, -0.15) is 0 Å². The molecule has 0 aliphatic rings. The third kappa shape index (κ3) is 2.46. The number of benzene rings is 1. The van der Waals surface area contributed by atoms with Gasteiger partial charge in [0.15, 0.2) is 0 Å². The van der Waals surface area contributed by atoms with E-state index in [9.17, 15) is 0 Å². The van der Waals surface area contributed by atoms with Crippen LogP contribution in [0.25, 0.3) is 0 Å². The first-order valence-electron chi connectivity index (χ1n) is 5.58. The van der Waals surface area contributed by atoms with Crippen LogP contribution in [0.5, 0.6) is 0 Å². The van der Waals surface area contributed by atoms with Crippen molar-refractivity contribution in [3.05, 3.63) is 55.2 Å². The highest BCUT2D eigenvalue weighted by molar-refractivity contribution is 9.10. The lowest BCUT2D eigenvalue weighted by Crippen LogP contribution is -2.13. The molecule has 3 heteroatoms. The molecule has 1 nitrogen and oxygen atoms in total. The maximum absolute atomic E-state index is 6.38. The van der Waals surface area contributed by atoms with Crippen molar-refractivity contribution in [3.63, 3.8) is 0 Å². The number of rotatable bonds is 2. The van der Waals surface area contributed by atoms with Gasteiger partial charge in [-0.3, -0.25) is 0 Å². The summed E-state index contributed by atoms with van der Waals surface area (Å²) < 4.78 is 1.12. The van der Waals surface area contributed by atoms with Crippen LogP contribution >= 0.6 is 27.3 Å². The van der Waals surface area contributed by atoms with Crippen molar-refractivity contribution in [1.29, 1.82) is 0 Å². The van der Waals surface area contributed by atoms with Crippen LogP contribution in [0.3, 0.4) is 0 Å². The van der Waals surface area contributed by atoms with E-state index >= 15 is 0 Å². The molecule has 2 aromatic rings. The van der Waals surface area contributed by atoms with Gasteiger partial charge in [0.1, 0.15) is 0 Å². The Morgan fingerprint density at radius 3 is 2.47 bits per heavy atom. The lowest BCUT2D eigenvalue weighted by Gasteiger charge is -2.15. The maximum atomic E-state index is 6.38. The van der Waals surface area contributed by atoms with Gasteiger partial charge in [0, 0.05) is 14.2 Å². The second-order valence-electron chi connectivity index (χ2n) is 4.32. The van der Waals surface area contributed by atoms with Crippen LogP contribution in [-0.4, -0.2) is 0 Å². The molecule has 0 amide bonds. The highest BCUT2D eigenvalue weighted by Crippen LogP contribution is 2.33. The average molecular weight is 310 g/mol. The summed E-state index contributed by atoms with van der Waals surface area (Å²) in [6.45, 7) is 6.35. The van der Waals surface area contributed by atoms with Crippen LogP contribution in [0.4, 0.5) is 0 Å². The molecule has 0 bridgehead atoms. The third-order valence-electron chi connectivity index (χ3n) is 2.97. The van der Waals surface area contributed by atoms with Gasteiger partial charge >= 0.3 is 0 Å². The molecular formula is C14H16BrNS. The summed E-state index contributed by atoms with van der Waals surface area (Å²) >= 11 is 5.44. The van der Waals surface area contributed by atoms with Crippen LogP contribution in [-0.2, 0) is 0 Å². The highest BCUT2D eigenvalue weighted by atomic mass is 79.9. The normalized spacial score (nSPS) is 12.8. The maximum Gasteiger partial charge on any atom is 0.0573 e. The lowest BCUT2D eigenvalue weighted by molar-refractivity contribution is 0.861. The summed E-state index contributed by atoms with van der Waals surface area (Å²) in [5.74, 6) is 0. The van der Waals surface area contributed by atoms with Crippen molar-refractivity contribution in [2.75, 3.05) is 0 Å². The Kier molecular flexibility index (Phi) is 3.71. The van der Waals surface area contributed by atoms with E-state index in [0.29, 0.717) is 0 Å². The van der Waals surface area contributed by atoms with E-state index in [1.165, 1.54) is 20.9 Å². The Balaban J connectivity index is 2.47. The molecule has 0 aliphatic heterocycles. The molecule has 0 aliphatic carbocycles. The largest absolute Gasteiger partial charge is 0.320 e. The smallest absolute Gasteiger partial charge is 0.0573 e. The molecule has 1 heterocycles. The van der Waals surface area contributed by atoms with Crippen LogP contribution in [0, 0.1) is 20.8 Å². The molecule has 0 saturated carbocycles. The fraction of sp³-hybridized carbons (Fsp3) is 0.286. The molecule has 0 saturated heterocycles. The molecule has 0 fully saturated rings. The molecule has 1 unspecified atom stereocenters. The fourth-order valence-corrected chi connectivity index (χ4v) is 3.52. The molecule has 1 aromatic heterocycles. The Morgan fingerprint density at radius 1 is 1.18 bits per heavy atom. The van der Waals surface area contributed by atoms with Crippen molar-refractivity contribution < 1.29 is 0 Å². The number of nitrogens with two attached hydrogens (primary N) is 1. The zero-order valence-corrected chi connectivity index (χ0v) is 12.7. The average Bonchev–Trinajstić information content (AvgIpc) is 2.61. The molecule has 0 radical (unpaired) electrons. The third-order valence-corrected chi connectivity index (χ3v) is 5.04. The van der Waals surface area contributed by atoms with Crippen LogP contribution in [0.1, 0.15) is 32.5 Å². The zero-order valence-electron chi connectivity index (χ0n) is 10.3. The van der Waals surface area contributed by atoms with Crippen molar-refractivity contribution in [2.24, 2.45) is 5.73 Å². The van der Waals surface area contributed by atoms with E-state index in [2.05, 4.69) is 61.0 Å². The Bertz CT molecular complexity index is 545. The van der Waals surface area contributed by atoms with Gasteiger partial charge in [-0.15, -0.1) is 11.3 Å². The molecule has 1 atom stereocenters. The standard InChI is InChI=1S/C14H16BrNS/c1-8-5-4-6-11(13(8)15)14(16)12-7-9(2)17-10(12)3/h4-7,14H,16H2,1-3H3. The SMILES string of the molecule is Cc1cc(C(N)c2cccc(C)c2Br)c(C)s1. The van der Waals surface area contributed by atoms with E-state index in [1.807, 2.05) is 0 Å². The Hall–Kier alpha value is -0.640. The highest BCUT2D eigenvalue weighted by Gasteiger charge is 2.16. The van der Waals surface area contributed by atoms with E-state index in [-0.39, 0.29) is 6.04 Å². The second-order valence-corrected chi connectivity index (χ2v) is 6.58. The van der Waals surface area contributed by atoms with Gasteiger partial charge in [0.05, 0.1) is 6.04 Å². The number of halogens is 1. The summed E-state index contributed by atoms with van der Waals surface area (Å²) in [7, 11) is 0. The summed E-state index contributed by atoms with van der Waals surface area (Å²) in [6.07, 6.45) is 0. The molecular weight excluding hydrogens is 294 g/mol. The lowest BCUT2D eigenvalue weighted by atomic mass is 9.98. The summed E-state index contributed by atoms with van der Waals surface area (Å²) in [5.41, 5.74) is 9.99. The van der Waals surface area contributed by atoms with Gasteiger partial charge < -0.3 is 5.73 Å². The minimum absolute atomic E-state index is 0.0470. The van der Waals surface area contributed by atoms with Crippen molar-refractivity contribution in [2.45, 2.75) is 26.8 Å². The van der Waals surface area contributed by atoms with Crippen molar-refractivity contribution in [1.82, 2.24) is 0 Å². The van der Waals surface area contributed by atoms with E-state index in [0.717, 1.165) is 10.0 Å². The monoisotopic (exact) mass is 309 g/mol. The van der Waals surface area contributed by atoms with Crippen molar-refractivity contribution >= 4 is 27.3 Å². The molecule has 0 spiro atoms. The predicted molar refractivity (Wildman–Crippen MR) is 78.7 cm³/mol. The minimum Gasteiger partial charge on any atom is -0.320 e. The van der Waals surface area contributed by atoms with Crippen LogP contribution < -0.4 is 5.73 Å². The van der Waals surface area contributed by atoms with Crippen LogP contribution in [0.2, 0.25) is 0 Å². The van der Waals surface area contributed by atoms with Gasteiger partial charge in [0.25, 0.3) is 0 Å². The minimum atomic E-state index is -0.0470. The first-order chi connectivity index (χ1) is 8.00. The van der Waals surface area contributed by atoms with E-state index in [1.54, 1.807) is 11.3 Å². The number of hydrogen-bond acceptors (Lipinski definition) is 2. The van der Waals surface area contributed by atoms with Gasteiger partial charge in [-0.05, 0) is 43.5 Å². The molecule has 2 rings (SSSR count). The van der Waals surface area contributed by atoms with Gasteiger partial charge in [-0.1, -0.05) is 34.1 Å². The molecule has 17 heavy (non-hydrogen) atoms. The molecule has 1 aromatic carbocycles. The van der Waals surface area contributed by atoms with E-state index < -0.39 is 0 Å². The quantitative estimate of drug-likeness (QED) is 0.869. The van der Waals surface area contributed by atoms with Crippen molar-refractivity contribution in [3.8, 4) is 0 Å². The Morgan fingerprint density at radius 2 is 1.88 bits per heavy atom.